The fraction of sp³-hybridized carbons (Fsp3) is 1.00. The van der Waals surface area contributed by atoms with Crippen molar-refractivity contribution >= 4 is 0 Å². The zero-order valence-corrected chi connectivity index (χ0v) is 6.10. The van der Waals surface area contributed by atoms with E-state index in [4.69, 9.17) is 4.84 Å². The van der Waals surface area contributed by atoms with Crippen molar-refractivity contribution in [3.8, 4) is 0 Å². The smallest absolute Gasteiger partial charge is 0.0575 e. The van der Waals surface area contributed by atoms with Gasteiger partial charge in [0.15, 0.2) is 0 Å². The Bertz CT molecular complexity index is 67.3. The Balaban J connectivity index is 2.18. The predicted octanol–water partition coefficient (Wildman–Crippen LogP) is 1.42. The van der Waals surface area contributed by atoms with Crippen molar-refractivity contribution in [3.05, 3.63) is 0 Å². The first-order valence-electron chi connectivity index (χ1n) is 3.72. The summed E-state index contributed by atoms with van der Waals surface area (Å²) in [6.07, 6.45) is 5.35. The molecule has 0 radical (unpaired) electrons. The van der Waals surface area contributed by atoms with Crippen molar-refractivity contribution in [2.75, 3.05) is 20.2 Å². The van der Waals surface area contributed by atoms with E-state index in [2.05, 4.69) is 0 Å². The van der Waals surface area contributed by atoms with Gasteiger partial charge in [0.2, 0.25) is 0 Å². The third-order valence-corrected chi connectivity index (χ3v) is 1.82. The third-order valence-electron chi connectivity index (χ3n) is 1.82. The van der Waals surface area contributed by atoms with Gasteiger partial charge in [0.05, 0.1) is 7.11 Å². The molecule has 1 rings (SSSR count). The van der Waals surface area contributed by atoms with Gasteiger partial charge in [-0.05, 0) is 12.8 Å². The Morgan fingerprint density at radius 3 is 2.00 bits per heavy atom. The van der Waals surface area contributed by atoms with E-state index in [-0.39, 0.29) is 0 Å². The zero-order valence-electron chi connectivity index (χ0n) is 6.10. The van der Waals surface area contributed by atoms with Crippen molar-refractivity contribution in [2.45, 2.75) is 25.7 Å². The van der Waals surface area contributed by atoms with Gasteiger partial charge in [-0.25, -0.2) is 0 Å². The van der Waals surface area contributed by atoms with Crippen molar-refractivity contribution in [1.29, 1.82) is 0 Å². The molecular formula is C7H15NO. The minimum Gasteiger partial charge on any atom is -0.302 e. The maximum absolute atomic E-state index is 5.10. The molecule has 2 heteroatoms. The SMILES string of the molecule is CON1CCCCCC1. The summed E-state index contributed by atoms with van der Waals surface area (Å²) in [5.74, 6) is 0. The van der Waals surface area contributed by atoms with Gasteiger partial charge >= 0.3 is 0 Å². The minimum atomic E-state index is 1.12. The highest BCUT2D eigenvalue weighted by Crippen LogP contribution is 2.08. The van der Waals surface area contributed by atoms with Gasteiger partial charge in [-0.2, -0.15) is 5.06 Å². The average molecular weight is 129 g/mol. The van der Waals surface area contributed by atoms with Crippen molar-refractivity contribution in [1.82, 2.24) is 5.06 Å². The molecule has 0 amide bonds. The van der Waals surface area contributed by atoms with Crippen LogP contribution in [-0.4, -0.2) is 25.3 Å². The van der Waals surface area contributed by atoms with E-state index in [1.807, 2.05) is 5.06 Å². The maximum Gasteiger partial charge on any atom is 0.0575 e. The molecule has 0 saturated carbocycles. The molecule has 0 aromatic carbocycles. The molecule has 0 aliphatic carbocycles. The number of hydrogen-bond donors (Lipinski definition) is 0. The van der Waals surface area contributed by atoms with Crippen molar-refractivity contribution in [3.63, 3.8) is 0 Å². The Hall–Kier alpha value is -0.0800. The highest BCUT2D eigenvalue weighted by molar-refractivity contribution is 4.54. The van der Waals surface area contributed by atoms with Crippen LogP contribution in [0.25, 0.3) is 0 Å². The second-order valence-electron chi connectivity index (χ2n) is 2.53. The van der Waals surface area contributed by atoms with Gasteiger partial charge in [-0.3, -0.25) is 0 Å². The van der Waals surface area contributed by atoms with E-state index in [1.54, 1.807) is 7.11 Å². The molecule has 1 saturated heterocycles. The lowest BCUT2D eigenvalue weighted by molar-refractivity contribution is -0.128. The van der Waals surface area contributed by atoms with E-state index in [0.29, 0.717) is 0 Å². The molecule has 2 nitrogen and oxygen atoms in total. The summed E-state index contributed by atoms with van der Waals surface area (Å²) in [4.78, 5) is 5.10. The van der Waals surface area contributed by atoms with Crippen LogP contribution in [-0.2, 0) is 4.84 Å². The predicted molar refractivity (Wildman–Crippen MR) is 37.0 cm³/mol. The summed E-state index contributed by atoms with van der Waals surface area (Å²) in [7, 11) is 1.76. The van der Waals surface area contributed by atoms with E-state index in [1.165, 1.54) is 25.7 Å². The fourth-order valence-electron chi connectivity index (χ4n) is 1.22. The van der Waals surface area contributed by atoms with Gasteiger partial charge < -0.3 is 4.84 Å². The fourth-order valence-corrected chi connectivity index (χ4v) is 1.22. The molecular weight excluding hydrogens is 114 g/mol. The second kappa shape index (κ2) is 3.85. The molecule has 0 spiro atoms. The van der Waals surface area contributed by atoms with Gasteiger partial charge in [-0.1, -0.05) is 12.8 Å². The molecule has 1 aliphatic rings. The number of rotatable bonds is 1. The first-order chi connectivity index (χ1) is 4.43. The molecule has 9 heavy (non-hydrogen) atoms. The average Bonchev–Trinajstić information content (AvgIpc) is 2.13. The van der Waals surface area contributed by atoms with Crippen LogP contribution >= 0.6 is 0 Å². The highest BCUT2D eigenvalue weighted by atomic mass is 16.7. The summed E-state index contributed by atoms with van der Waals surface area (Å²) >= 11 is 0. The quantitative estimate of drug-likeness (QED) is 0.531. The van der Waals surface area contributed by atoms with Crippen LogP contribution in [0.2, 0.25) is 0 Å². The van der Waals surface area contributed by atoms with E-state index in [9.17, 15) is 0 Å². The molecule has 1 fully saturated rings. The molecule has 0 N–H and O–H groups in total. The number of nitrogens with zero attached hydrogens (tertiary/aromatic N) is 1. The van der Waals surface area contributed by atoms with Crippen LogP contribution in [0.1, 0.15) is 25.7 Å². The molecule has 0 aromatic rings. The van der Waals surface area contributed by atoms with Crippen molar-refractivity contribution in [2.24, 2.45) is 0 Å². The summed E-state index contributed by atoms with van der Waals surface area (Å²) in [6.45, 7) is 2.24. The Morgan fingerprint density at radius 2 is 1.56 bits per heavy atom. The monoisotopic (exact) mass is 129 g/mol. The molecule has 0 aromatic heterocycles. The Morgan fingerprint density at radius 1 is 1.00 bits per heavy atom. The molecule has 0 atom stereocenters. The lowest BCUT2D eigenvalue weighted by Crippen LogP contribution is -2.22. The maximum atomic E-state index is 5.10. The summed E-state index contributed by atoms with van der Waals surface area (Å²) in [5.41, 5.74) is 0. The minimum absolute atomic E-state index is 1.12. The second-order valence-corrected chi connectivity index (χ2v) is 2.53. The molecule has 0 unspecified atom stereocenters. The Labute approximate surface area is 56.8 Å². The number of hydroxylamine groups is 2. The topological polar surface area (TPSA) is 12.5 Å². The third kappa shape index (κ3) is 2.33. The van der Waals surface area contributed by atoms with Gasteiger partial charge in [0.25, 0.3) is 0 Å². The number of hydrogen-bond acceptors (Lipinski definition) is 2. The lowest BCUT2D eigenvalue weighted by atomic mass is 10.2. The van der Waals surface area contributed by atoms with E-state index < -0.39 is 0 Å². The molecule has 1 heterocycles. The lowest BCUT2D eigenvalue weighted by Gasteiger charge is -2.15. The molecule has 0 bridgehead atoms. The summed E-state index contributed by atoms with van der Waals surface area (Å²) in [5, 5.41) is 2.05. The largest absolute Gasteiger partial charge is 0.302 e. The standard InChI is InChI=1S/C7H15NO/c1-9-8-6-4-2-3-5-7-8/h2-7H2,1H3. The van der Waals surface area contributed by atoms with Crippen LogP contribution < -0.4 is 0 Å². The van der Waals surface area contributed by atoms with Crippen LogP contribution in [0.4, 0.5) is 0 Å². The van der Waals surface area contributed by atoms with E-state index >= 15 is 0 Å². The summed E-state index contributed by atoms with van der Waals surface area (Å²) in [6, 6.07) is 0. The van der Waals surface area contributed by atoms with Gasteiger partial charge in [0, 0.05) is 13.1 Å². The van der Waals surface area contributed by atoms with E-state index in [0.717, 1.165) is 13.1 Å². The van der Waals surface area contributed by atoms with Crippen LogP contribution in [0.15, 0.2) is 0 Å². The van der Waals surface area contributed by atoms with Crippen molar-refractivity contribution < 1.29 is 4.84 Å². The van der Waals surface area contributed by atoms with Crippen LogP contribution in [0.3, 0.4) is 0 Å². The normalized spacial score (nSPS) is 23.7. The highest BCUT2D eigenvalue weighted by Gasteiger charge is 2.05. The van der Waals surface area contributed by atoms with Crippen LogP contribution in [0, 0.1) is 0 Å². The Kier molecular flexibility index (Phi) is 3.01. The first kappa shape index (κ1) is 7.03. The summed E-state index contributed by atoms with van der Waals surface area (Å²) < 4.78 is 0. The van der Waals surface area contributed by atoms with Gasteiger partial charge in [0.1, 0.15) is 0 Å². The molecule has 1 aliphatic heterocycles. The van der Waals surface area contributed by atoms with Crippen LogP contribution in [0.5, 0.6) is 0 Å². The first-order valence-corrected chi connectivity index (χ1v) is 3.72. The zero-order chi connectivity index (χ0) is 6.53. The van der Waals surface area contributed by atoms with Gasteiger partial charge in [-0.15, -0.1) is 0 Å². The molecule has 54 valence electrons.